The van der Waals surface area contributed by atoms with Crippen molar-refractivity contribution in [3.05, 3.63) is 59.7 Å². The Morgan fingerprint density at radius 1 is 0.697 bits per heavy atom. The molecule has 0 atom stereocenters. The first-order valence-electron chi connectivity index (χ1n) is 13.1. The molecule has 0 spiro atoms. The Hall–Kier alpha value is -1.94. The van der Waals surface area contributed by atoms with Crippen molar-refractivity contribution < 1.29 is 4.79 Å². The molecule has 0 saturated heterocycles. The number of rotatable bonds is 16. The molecule has 2 aromatic carbocycles. The Morgan fingerprint density at radius 2 is 1.18 bits per heavy atom. The third kappa shape index (κ3) is 10.2. The first-order chi connectivity index (χ1) is 16.2. The molecular weight excluding hydrogens is 424 g/mol. The van der Waals surface area contributed by atoms with Gasteiger partial charge in [-0.1, -0.05) is 127 Å². The van der Waals surface area contributed by atoms with Gasteiger partial charge in [0.1, 0.15) is 0 Å². The second-order valence-electron chi connectivity index (χ2n) is 9.06. The number of unbranched alkanes of at least 4 members (excludes halogenated alkanes) is 10. The van der Waals surface area contributed by atoms with Crippen LogP contribution < -0.4 is 9.62 Å². The highest BCUT2D eigenvalue weighted by Gasteiger charge is 2.16. The maximum atomic E-state index is 13.1. The molecule has 2 amide bonds. The Bertz CT molecular complexity index is 808. The van der Waals surface area contributed by atoms with E-state index in [2.05, 4.69) is 50.2 Å². The van der Waals surface area contributed by atoms with Gasteiger partial charge in [0.15, 0.2) is 0 Å². The lowest BCUT2D eigenvalue weighted by molar-refractivity contribution is 0.260. The number of aryl methyl sites for hydroxylation is 2. The lowest BCUT2D eigenvalue weighted by Gasteiger charge is -2.21. The third-order valence-electron chi connectivity index (χ3n) is 6.27. The number of para-hydroxylation sites is 2. The number of nitrogens with one attached hydrogen (secondary N) is 1. The number of hydrogen-bond donors (Lipinski definition) is 2. The minimum absolute atomic E-state index is 0.205. The Kier molecular flexibility index (Phi) is 13.8. The highest BCUT2D eigenvalue weighted by Crippen LogP contribution is 2.26. The van der Waals surface area contributed by atoms with Crippen molar-refractivity contribution in [2.45, 2.75) is 104 Å². The summed E-state index contributed by atoms with van der Waals surface area (Å²) >= 11 is 4.58. The van der Waals surface area contributed by atoms with Gasteiger partial charge in [-0.25, -0.2) is 9.10 Å². The summed E-state index contributed by atoms with van der Waals surface area (Å²) in [6.45, 7) is 4.49. The molecule has 182 valence electrons. The van der Waals surface area contributed by atoms with Gasteiger partial charge in [0.05, 0.1) is 5.69 Å². The molecule has 1 N–H and O–H groups in total. The van der Waals surface area contributed by atoms with Crippen LogP contribution in [0, 0.1) is 0 Å². The fraction of sp³-hybridized carbons (Fsp3) is 0.552. The minimum Gasteiger partial charge on any atom is -0.307 e. The fourth-order valence-corrected chi connectivity index (χ4v) is 4.50. The highest BCUT2D eigenvalue weighted by molar-refractivity contribution is 7.82. The minimum atomic E-state index is -0.205. The topological polar surface area (TPSA) is 32.3 Å². The quantitative estimate of drug-likeness (QED) is 0.187. The van der Waals surface area contributed by atoms with Crippen LogP contribution in [0.15, 0.2) is 48.5 Å². The standard InChI is InChI=1S/C29H44N2OS/c1-3-5-7-9-11-13-19-25-20-15-17-23-27(25)30-29(32)31(33)28-24-18-16-22-26(28)21-14-12-10-8-6-4-2/h15-18,20,22-24,33H,3-14,19,21H2,1-2H3,(H,30,32). The number of hydrogen-bond acceptors (Lipinski definition) is 2. The SMILES string of the molecule is CCCCCCCCc1ccccc1NC(=O)N(S)c1ccccc1CCCCCCCC. The average Bonchev–Trinajstić information content (AvgIpc) is 2.84. The Labute approximate surface area is 207 Å². The molecule has 33 heavy (non-hydrogen) atoms. The van der Waals surface area contributed by atoms with Crippen molar-refractivity contribution in [2.24, 2.45) is 0 Å². The van der Waals surface area contributed by atoms with Crippen LogP contribution in [0.3, 0.4) is 0 Å². The number of urea groups is 1. The molecule has 0 radical (unpaired) electrons. The third-order valence-corrected chi connectivity index (χ3v) is 6.67. The van der Waals surface area contributed by atoms with Crippen LogP contribution in [-0.4, -0.2) is 6.03 Å². The summed E-state index contributed by atoms with van der Waals surface area (Å²) in [6.07, 6.45) is 17.2. The van der Waals surface area contributed by atoms with Gasteiger partial charge in [-0.15, -0.1) is 0 Å². The summed E-state index contributed by atoms with van der Waals surface area (Å²) < 4.78 is 1.47. The van der Waals surface area contributed by atoms with Gasteiger partial charge in [-0.3, -0.25) is 0 Å². The van der Waals surface area contributed by atoms with E-state index in [1.807, 2.05) is 30.3 Å². The van der Waals surface area contributed by atoms with Crippen LogP contribution in [0.2, 0.25) is 0 Å². The molecule has 2 rings (SSSR count). The maximum Gasteiger partial charge on any atom is 0.336 e. The highest BCUT2D eigenvalue weighted by atomic mass is 32.1. The van der Waals surface area contributed by atoms with Crippen LogP contribution in [0.4, 0.5) is 16.2 Å². The molecule has 4 heteroatoms. The molecule has 0 fully saturated rings. The Balaban J connectivity index is 1.91. The van der Waals surface area contributed by atoms with Crippen LogP contribution in [0.5, 0.6) is 0 Å². The predicted molar refractivity (Wildman–Crippen MR) is 148 cm³/mol. The molecule has 2 aromatic rings. The zero-order chi connectivity index (χ0) is 23.7. The number of thiol groups is 1. The summed E-state index contributed by atoms with van der Waals surface area (Å²) in [5.41, 5.74) is 4.14. The molecule has 0 saturated carbocycles. The van der Waals surface area contributed by atoms with E-state index in [1.165, 1.54) is 79.6 Å². The molecule has 0 heterocycles. The number of carbonyl (C=O) groups is 1. The first-order valence-corrected chi connectivity index (χ1v) is 13.5. The van der Waals surface area contributed by atoms with Crippen LogP contribution in [0.25, 0.3) is 0 Å². The van der Waals surface area contributed by atoms with E-state index in [1.54, 1.807) is 0 Å². The van der Waals surface area contributed by atoms with Crippen molar-refractivity contribution in [2.75, 3.05) is 9.62 Å². The summed E-state index contributed by atoms with van der Waals surface area (Å²) in [5.74, 6) is 0. The molecule has 0 aliphatic heterocycles. The number of nitrogens with zero attached hydrogens (tertiary/aromatic N) is 1. The van der Waals surface area contributed by atoms with Crippen molar-refractivity contribution in [1.29, 1.82) is 0 Å². The van der Waals surface area contributed by atoms with Crippen molar-refractivity contribution >= 4 is 30.2 Å². The van der Waals surface area contributed by atoms with Gasteiger partial charge >= 0.3 is 6.03 Å². The fourth-order valence-electron chi connectivity index (χ4n) is 4.26. The zero-order valence-corrected chi connectivity index (χ0v) is 21.7. The van der Waals surface area contributed by atoms with E-state index in [0.717, 1.165) is 37.1 Å². The van der Waals surface area contributed by atoms with Gasteiger partial charge in [0.25, 0.3) is 0 Å². The zero-order valence-electron chi connectivity index (χ0n) is 20.8. The normalized spacial score (nSPS) is 10.9. The number of benzene rings is 2. The molecule has 3 nitrogen and oxygen atoms in total. The van der Waals surface area contributed by atoms with Gasteiger partial charge in [-0.2, -0.15) is 0 Å². The smallest absolute Gasteiger partial charge is 0.307 e. The monoisotopic (exact) mass is 468 g/mol. The van der Waals surface area contributed by atoms with Crippen molar-refractivity contribution in [3.8, 4) is 0 Å². The Morgan fingerprint density at radius 3 is 1.82 bits per heavy atom. The second kappa shape index (κ2) is 16.6. The first kappa shape index (κ1) is 27.3. The maximum absolute atomic E-state index is 13.1. The van der Waals surface area contributed by atoms with Gasteiger partial charge in [-0.05, 0) is 48.9 Å². The lowest BCUT2D eigenvalue weighted by atomic mass is 10.0. The summed E-state index contributed by atoms with van der Waals surface area (Å²) in [7, 11) is 0. The molecule has 0 bridgehead atoms. The van der Waals surface area contributed by atoms with Crippen LogP contribution >= 0.6 is 12.8 Å². The van der Waals surface area contributed by atoms with Gasteiger partial charge < -0.3 is 5.32 Å². The van der Waals surface area contributed by atoms with Gasteiger partial charge in [0.2, 0.25) is 0 Å². The number of carbonyl (C=O) groups excluding carboxylic acids is 1. The molecule has 0 aliphatic carbocycles. The molecular formula is C29H44N2OS. The summed E-state index contributed by atoms with van der Waals surface area (Å²) in [5, 5.41) is 3.10. The lowest BCUT2D eigenvalue weighted by Crippen LogP contribution is -2.28. The van der Waals surface area contributed by atoms with E-state index in [0.29, 0.717) is 0 Å². The molecule has 0 aromatic heterocycles. The summed E-state index contributed by atoms with van der Waals surface area (Å²) in [6, 6.07) is 16.1. The molecule has 0 aliphatic rings. The van der Waals surface area contributed by atoms with E-state index < -0.39 is 0 Å². The van der Waals surface area contributed by atoms with Crippen LogP contribution in [-0.2, 0) is 12.8 Å². The van der Waals surface area contributed by atoms with E-state index >= 15 is 0 Å². The van der Waals surface area contributed by atoms with Crippen molar-refractivity contribution in [3.63, 3.8) is 0 Å². The largest absolute Gasteiger partial charge is 0.336 e. The molecule has 0 unspecified atom stereocenters. The second-order valence-corrected chi connectivity index (χ2v) is 9.46. The van der Waals surface area contributed by atoms with E-state index in [4.69, 9.17) is 0 Å². The predicted octanol–water partition coefficient (Wildman–Crippen LogP) is 9.38. The van der Waals surface area contributed by atoms with Gasteiger partial charge in [0, 0.05) is 5.69 Å². The number of anilines is 2. The average molecular weight is 469 g/mol. The van der Waals surface area contributed by atoms with E-state index in [-0.39, 0.29) is 6.03 Å². The summed E-state index contributed by atoms with van der Waals surface area (Å²) in [4.78, 5) is 13.1. The van der Waals surface area contributed by atoms with E-state index in [9.17, 15) is 4.79 Å². The number of amides is 2. The van der Waals surface area contributed by atoms with Crippen LogP contribution in [0.1, 0.15) is 102 Å². The van der Waals surface area contributed by atoms with Crippen molar-refractivity contribution in [1.82, 2.24) is 0 Å².